The van der Waals surface area contributed by atoms with Crippen molar-refractivity contribution in [3.63, 3.8) is 0 Å². The van der Waals surface area contributed by atoms with Crippen LogP contribution in [0.15, 0.2) is 21.7 Å². The van der Waals surface area contributed by atoms with Gasteiger partial charge in [-0.1, -0.05) is 18.2 Å². The number of nitrogens with two attached hydrogens (primary N) is 1. The standard InChI is InChI=1S/C6H9Cl2N3/c1-4(11-5(2)7)3-10-6(8)9/h2-3H2,1H3,(H2,9,10)/b11-4-. The molecule has 0 spiro atoms. The Bertz CT molecular complexity index is 204. The number of halogens is 2. The minimum atomic E-state index is 0.0136. The molecule has 0 saturated carbocycles. The largest absolute Gasteiger partial charge is 0.374 e. The molecule has 0 heterocycles. The quantitative estimate of drug-likeness (QED) is 0.415. The van der Waals surface area contributed by atoms with Crippen LogP contribution < -0.4 is 5.73 Å². The van der Waals surface area contributed by atoms with E-state index in [1.807, 2.05) is 0 Å². The van der Waals surface area contributed by atoms with E-state index >= 15 is 0 Å². The maximum absolute atomic E-state index is 5.39. The van der Waals surface area contributed by atoms with E-state index in [0.29, 0.717) is 12.3 Å². The lowest BCUT2D eigenvalue weighted by Gasteiger charge is -1.93. The second-order valence-corrected chi connectivity index (χ2v) is 2.69. The van der Waals surface area contributed by atoms with Gasteiger partial charge in [0.05, 0.1) is 6.54 Å². The summed E-state index contributed by atoms with van der Waals surface area (Å²) in [6, 6.07) is 0. The number of hydrogen-bond acceptors (Lipinski definition) is 2. The van der Waals surface area contributed by atoms with Gasteiger partial charge in [-0.2, -0.15) is 0 Å². The van der Waals surface area contributed by atoms with Crippen molar-refractivity contribution in [3.05, 3.63) is 11.7 Å². The van der Waals surface area contributed by atoms with Crippen molar-refractivity contribution in [2.75, 3.05) is 6.54 Å². The maximum atomic E-state index is 5.39. The summed E-state index contributed by atoms with van der Waals surface area (Å²) in [7, 11) is 0. The van der Waals surface area contributed by atoms with Crippen molar-refractivity contribution < 1.29 is 0 Å². The smallest absolute Gasteiger partial charge is 0.188 e. The predicted octanol–water partition coefficient (Wildman–Crippen LogP) is 1.71. The third-order valence-corrected chi connectivity index (χ3v) is 0.975. The molecule has 5 heteroatoms. The normalized spacial score (nSPS) is 13.4. The summed E-state index contributed by atoms with van der Waals surface area (Å²) in [6.45, 7) is 5.50. The molecule has 0 aliphatic carbocycles. The van der Waals surface area contributed by atoms with Crippen LogP contribution in [0.5, 0.6) is 0 Å². The van der Waals surface area contributed by atoms with Gasteiger partial charge in [-0.3, -0.25) is 4.99 Å². The molecular formula is C6H9Cl2N3. The number of aliphatic imine (C=N–C) groups is 2. The molecule has 11 heavy (non-hydrogen) atoms. The first-order valence-corrected chi connectivity index (χ1v) is 3.62. The summed E-state index contributed by atoms with van der Waals surface area (Å²) in [5.74, 6) is 0. The molecule has 0 unspecified atom stereocenters. The molecule has 3 nitrogen and oxygen atoms in total. The minimum Gasteiger partial charge on any atom is -0.374 e. The zero-order valence-electron chi connectivity index (χ0n) is 6.14. The lowest BCUT2D eigenvalue weighted by atomic mass is 10.4. The van der Waals surface area contributed by atoms with Gasteiger partial charge in [0.25, 0.3) is 0 Å². The van der Waals surface area contributed by atoms with Gasteiger partial charge in [-0.25, -0.2) is 4.99 Å². The Morgan fingerprint density at radius 1 is 1.55 bits per heavy atom. The molecule has 0 aliphatic rings. The van der Waals surface area contributed by atoms with Gasteiger partial charge >= 0.3 is 0 Å². The van der Waals surface area contributed by atoms with E-state index in [0.717, 1.165) is 0 Å². The van der Waals surface area contributed by atoms with Crippen molar-refractivity contribution in [3.8, 4) is 0 Å². The maximum Gasteiger partial charge on any atom is 0.188 e. The van der Waals surface area contributed by atoms with Crippen molar-refractivity contribution >= 4 is 34.2 Å². The topological polar surface area (TPSA) is 50.7 Å². The molecule has 0 amide bonds. The summed E-state index contributed by atoms with van der Waals surface area (Å²) < 4.78 is 0. The fraction of sp³-hybridized carbons (Fsp3) is 0.333. The summed E-state index contributed by atoms with van der Waals surface area (Å²) in [6.07, 6.45) is 0. The Balaban J connectivity index is 3.97. The molecule has 62 valence electrons. The molecule has 0 rings (SSSR count). The van der Waals surface area contributed by atoms with Gasteiger partial charge in [0.1, 0.15) is 5.16 Å². The van der Waals surface area contributed by atoms with Crippen LogP contribution in [0.1, 0.15) is 6.92 Å². The average molecular weight is 194 g/mol. The lowest BCUT2D eigenvalue weighted by molar-refractivity contribution is 1.26. The molecule has 0 fully saturated rings. The Kier molecular flexibility index (Phi) is 4.90. The number of hydrogen-bond donors (Lipinski definition) is 1. The fourth-order valence-corrected chi connectivity index (χ4v) is 0.636. The van der Waals surface area contributed by atoms with Crippen molar-refractivity contribution in [2.24, 2.45) is 15.7 Å². The Morgan fingerprint density at radius 3 is 2.45 bits per heavy atom. The Morgan fingerprint density at radius 2 is 2.09 bits per heavy atom. The monoisotopic (exact) mass is 193 g/mol. The summed E-state index contributed by atoms with van der Waals surface area (Å²) in [5, 5.41) is 0.241. The minimum absolute atomic E-state index is 0.0136. The third kappa shape index (κ3) is 7.36. The van der Waals surface area contributed by atoms with Gasteiger partial charge in [-0.15, -0.1) is 0 Å². The molecule has 0 bridgehead atoms. The third-order valence-electron chi connectivity index (χ3n) is 0.771. The highest BCUT2D eigenvalue weighted by Crippen LogP contribution is 1.98. The van der Waals surface area contributed by atoms with Crippen LogP contribution in [0.4, 0.5) is 0 Å². The van der Waals surface area contributed by atoms with Crippen molar-refractivity contribution in [2.45, 2.75) is 6.92 Å². The van der Waals surface area contributed by atoms with E-state index < -0.39 is 0 Å². The number of rotatable bonds is 3. The van der Waals surface area contributed by atoms with Crippen LogP contribution in [0.25, 0.3) is 0 Å². The highest BCUT2D eigenvalue weighted by Gasteiger charge is 1.90. The van der Waals surface area contributed by atoms with Crippen LogP contribution in [0.3, 0.4) is 0 Å². The first-order valence-electron chi connectivity index (χ1n) is 2.86. The second-order valence-electron chi connectivity index (χ2n) is 1.86. The average Bonchev–Trinajstić information content (AvgIpc) is 1.82. The highest BCUT2D eigenvalue weighted by molar-refractivity contribution is 6.64. The van der Waals surface area contributed by atoms with E-state index in [4.69, 9.17) is 28.9 Å². The van der Waals surface area contributed by atoms with Crippen LogP contribution in [-0.4, -0.2) is 17.6 Å². The van der Waals surface area contributed by atoms with E-state index in [1.165, 1.54) is 0 Å². The van der Waals surface area contributed by atoms with Gasteiger partial charge in [0, 0.05) is 5.71 Å². The first kappa shape index (κ1) is 10.5. The fourth-order valence-electron chi connectivity index (χ4n) is 0.432. The van der Waals surface area contributed by atoms with Gasteiger partial charge in [0.15, 0.2) is 5.29 Å². The Hall–Kier alpha value is -0.540. The first-order chi connectivity index (χ1) is 5.02. The molecule has 0 radical (unpaired) electrons. The van der Waals surface area contributed by atoms with Gasteiger partial charge in [0.2, 0.25) is 0 Å². The highest BCUT2D eigenvalue weighted by atomic mass is 35.5. The van der Waals surface area contributed by atoms with Crippen molar-refractivity contribution in [1.82, 2.24) is 0 Å². The van der Waals surface area contributed by atoms with Crippen LogP contribution >= 0.6 is 23.2 Å². The summed E-state index contributed by atoms with van der Waals surface area (Å²) in [4.78, 5) is 7.52. The zero-order chi connectivity index (χ0) is 8.85. The van der Waals surface area contributed by atoms with Crippen LogP contribution in [-0.2, 0) is 0 Å². The number of nitrogens with zero attached hydrogens (tertiary/aromatic N) is 2. The summed E-state index contributed by atoms with van der Waals surface area (Å²) >= 11 is 10.7. The Labute approximate surface area is 75.6 Å². The predicted molar refractivity (Wildman–Crippen MR) is 50.4 cm³/mol. The van der Waals surface area contributed by atoms with Crippen molar-refractivity contribution in [1.29, 1.82) is 0 Å². The second kappa shape index (κ2) is 5.16. The number of amidine groups is 1. The molecule has 2 N–H and O–H groups in total. The SMILES string of the molecule is C=C(Cl)/N=C(/C)C/N=C(\N)Cl. The molecule has 0 aromatic rings. The van der Waals surface area contributed by atoms with E-state index in [1.54, 1.807) is 6.92 Å². The zero-order valence-corrected chi connectivity index (χ0v) is 7.65. The molecule has 0 atom stereocenters. The molecule has 0 saturated heterocycles. The van der Waals surface area contributed by atoms with E-state index in [-0.39, 0.29) is 10.5 Å². The van der Waals surface area contributed by atoms with Crippen LogP contribution in [0.2, 0.25) is 0 Å². The lowest BCUT2D eigenvalue weighted by Crippen LogP contribution is -2.06. The van der Waals surface area contributed by atoms with Gasteiger partial charge < -0.3 is 5.73 Å². The van der Waals surface area contributed by atoms with Crippen LogP contribution in [0, 0.1) is 0 Å². The summed E-state index contributed by atoms with van der Waals surface area (Å²) in [5.41, 5.74) is 5.79. The molecule has 0 aliphatic heterocycles. The molecule has 0 aromatic carbocycles. The van der Waals surface area contributed by atoms with E-state index in [2.05, 4.69) is 16.6 Å². The molecular weight excluding hydrogens is 185 g/mol. The van der Waals surface area contributed by atoms with Gasteiger partial charge in [-0.05, 0) is 18.5 Å². The molecule has 0 aromatic heterocycles. The van der Waals surface area contributed by atoms with E-state index in [9.17, 15) is 0 Å².